The Hall–Kier alpha value is -0.650. The van der Waals surface area contributed by atoms with E-state index in [9.17, 15) is 9.90 Å². The maximum atomic E-state index is 12.4. The van der Waals surface area contributed by atoms with Crippen molar-refractivity contribution in [2.75, 3.05) is 39.3 Å². The van der Waals surface area contributed by atoms with Crippen LogP contribution >= 0.6 is 0 Å². The van der Waals surface area contributed by atoms with Gasteiger partial charge in [0.2, 0.25) is 5.91 Å². The molecule has 2 aliphatic rings. The molecule has 0 spiro atoms. The van der Waals surface area contributed by atoms with E-state index in [0.717, 1.165) is 44.9 Å². The third-order valence-corrected chi connectivity index (χ3v) is 5.31. The summed E-state index contributed by atoms with van der Waals surface area (Å²) in [5.41, 5.74) is 0. The minimum Gasteiger partial charge on any atom is -0.389 e. The van der Waals surface area contributed by atoms with Crippen LogP contribution in [0.3, 0.4) is 0 Å². The van der Waals surface area contributed by atoms with Crippen molar-refractivity contribution in [2.24, 2.45) is 5.92 Å². The van der Waals surface area contributed by atoms with Gasteiger partial charge < -0.3 is 14.7 Å². The van der Waals surface area contributed by atoms with Gasteiger partial charge in [-0.05, 0) is 26.2 Å². The number of aliphatic hydroxyl groups excluding tert-OH is 1. The lowest BCUT2D eigenvalue weighted by Crippen LogP contribution is -2.50. The third-order valence-electron chi connectivity index (χ3n) is 5.31. The summed E-state index contributed by atoms with van der Waals surface area (Å²) >= 11 is 0. The average Bonchev–Trinajstić information content (AvgIpc) is 2.59. The number of ether oxygens (including phenoxy) is 1. The number of β-amino-alcohol motifs (C(OH)–C–C–N with tert-alkyl or cyclic N) is 1. The number of carbonyl (C=O) groups is 1. The van der Waals surface area contributed by atoms with E-state index in [1.54, 1.807) is 0 Å². The highest BCUT2D eigenvalue weighted by atomic mass is 16.5. The second kappa shape index (κ2) is 10.4. The van der Waals surface area contributed by atoms with Gasteiger partial charge in [0.15, 0.2) is 0 Å². The molecular weight excluding hydrogens is 304 g/mol. The summed E-state index contributed by atoms with van der Waals surface area (Å²) in [5, 5.41) is 10.0. The minimum absolute atomic E-state index is 0.151. The third kappa shape index (κ3) is 7.08. The van der Waals surface area contributed by atoms with Gasteiger partial charge in [-0.1, -0.05) is 32.1 Å². The fourth-order valence-electron chi connectivity index (χ4n) is 3.80. The number of rotatable bonds is 8. The topological polar surface area (TPSA) is 53.0 Å². The first kappa shape index (κ1) is 19.7. The lowest BCUT2D eigenvalue weighted by atomic mass is 9.86. The highest BCUT2D eigenvalue weighted by Crippen LogP contribution is 2.27. The van der Waals surface area contributed by atoms with Crippen LogP contribution in [0.4, 0.5) is 0 Å². The molecular formula is C19H36N2O3. The minimum atomic E-state index is -0.444. The van der Waals surface area contributed by atoms with Crippen LogP contribution < -0.4 is 0 Å². The monoisotopic (exact) mass is 340 g/mol. The van der Waals surface area contributed by atoms with E-state index in [2.05, 4.69) is 4.90 Å². The first-order valence-electron chi connectivity index (χ1n) is 9.84. The van der Waals surface area contributed by atoms with Crippen LogP contribution in [-0.4, -0.2) is 72.4 Å². The van der Waals surface area contributed by atoms with Crippen LogP contribution in [-0.2, 0) is 9.53 Å². The Balaban J connectivity index is 1.60. The van der Waals surface area contributed by atoms with Crippen molar-refractivity contribution in [3.63, 3.8) is 0 Å². The average molecular weight is 341 g/mol. The zero-order chi connectivity index (χ0) is 17.4. The van der Waals surface area contributed by atoms with Crippen LogP contribution in [0.15, 0.2) is 0 Å². The number of amides is 1. The fourth-order valence-corrected chi connectivity index (χ4v) is 3.80. The summed E-state index contributed by atoms with van der Waals surface area (Å²) in [6, 6.07) is 0. The first-order valence-corrected chi connectivity index (χ1v) is 9.84. The van der Waals surface area contributed by atoms with Crippen molar-refractivity contribution >= 4 is 5.91 Å². The van der Waals surface area contributed by atoms with Gasteiger partial charge in [0.1, 0.15) is 0 Å². The Morgan fingerprint density at radius 3 is 2.42 bits per heavy atom. The predicted molar refractivity (Wildman–Crippen MR) is 95.9 cm³/mol. The van der Waals surface area contributed by atoms with Crippen LogP contribution in [0.1, 0.15) is 58.8 Å². The zero-order valence-corrected chi connectivity index (χ0v) is 15.6. The Bertz CT molecular complexity index is 362. The molecule has 1 atom stereocenters. The van der Waals surface area contributed by atoms with Gasteiger partial charge >= 0.3 is 0 Å². The number of nitrogens with zero attached hydrogens (tertiary/aromatic N) is 2. The normalized spacial score (nSPS) is 22.1. The molecule has 0 aromatic carbocycles. The number of hydrogen-bond acceptors (Lipinski definition) is 4. The fraction of sp³-hybridized carbons (Fsp3) is 0.947. The van der Waals surface area contributed by atoms with E-state index >= 15 is 0 Å². The van der Waals surface area contributed by atoms with Crippen molar-refractivity contribution in [3.05, 3.63) is 0 Å². The van der Waals surface area contributed by atoms with E-state index in [1.165, 1.54) is 32.1 Å². The molecule has 0 bridgehead atoms. The molecule has 1 aliphatic heterocycles. The number of hydrogen-bond donors (Lipinski definition) is 1. The Morgan fingerprint density at radius 2 is 1.79 bits per heavy atom. The van der Waals surface area contributed by atoms with Gasteiger partial charge in [0.25, 0.3) is 0 Å². The molecule has 1 saturated heterocycles. The molecule has 0 aromatic rings. The molecule has 0 aromatic heterocycles. The van der Waals surface area contributed by atoms with Crippen LogP contribution in [0.5, 0.6) is 0 Å². The van der Waals surface area contributed by atoms with Crippen molar-refractivity contribution in [1.29, 1.82) is 0 Å². The highest BCUT2D eigenvalue weighted by molar-refractivity contribution is 5.76. The SMILES string of the molecule is CC(C)OCC(O)CN1CCN(C(=O)CCC2CCCCC2)CC1. The Labute approximate surface area is 147 Å². The molecule has 2 rings (SSSR count). The number of piperazine rings is 1. The van der Waals surface area contributed by atoms with Crippen molar-refractivity contribution < 1.29 is 14.6 Å². The molecule has 1 aliphatic carbocycles. The second-order valence-corrected chi connectivity index (χ2v) is 7.76. The van der Waals surface area contributed by atoms with Crippen LogP contribution in [0, 0.1) is 5.92 Å². The van der Waals surface area contributed by atoms with E-state index in [-0.39, 0.29) is 6.10 Å². The van der Waals surface area contributed by atoms with Crippen molar-refractivity contribution in [1.82, 2.24) is 9.80 Å². The second-order valence-electron chi connectivity index (χ2n) is 7.76. The van der Waals surface area contributed by atoms with Gasteiger partial charge in [-0.15, -0.1) is 0 Å². The first-order chi connectivity index (χ1) is 11.5. The quantitative estimate of drug-likeness (QED) is 0.736. The lowest BCUT2D eigenvalue weighted by molar-refractivity contribution is -0.133. The van der Waals surface area contributed by atoms with Gasteiger partial charge in [0, 0.05) is 39.1 Å². The maximum absolute atomic E-state index is 12.4. The summed E-state index contributed by atoms with van der Waals surface area (Å²) in [6.07, 6.45) is 8.20. The van der Waals surface area contributed by atoms with Gasteiger partial charge in [0.05, 0.1) is 18.8 Å². The Kier molecular flexibility index (Phi) is 8.50. The van der Waals surface area contributed by atoms with Gasteiger partial charge in [-0.3, -0.25) is 9.69 Å². The summed E-state index contributed by atoms with van der Waals surface area (Å²) in [6.45, 7) is 8.27. The molecule has 1 N–H and O–H groups in total. The summed E-state index contributed by atoms with van der Waals surface area (Å²) in [4.78, 5) is 16.6. The molecule has 0 radical (unpaired) electrons. The van der Waals surface area contributed by atoms with E-state index in [1.807, 2.05) is 18.7 Å². The molecule has 5 nitrogen and oxygen atoms in total. The van der Waals surface area contributed by atoms with Crippen molar-refractivity contribution in [2.45, 2.75) is 71.0 Å². The highest BCUT2D eigenvalue weighted by Gasteiger charge is 2.23. The molecule has 140 valence electrons. The van der Waals surface area contributed by atoms with Crippen LogP contribution in [0.2, 0.25) is 0 Å². The zero-order valence-electron chi connectivity index (χ0n) is 15.6. The summed E-state index contributed by atoms with van der Waals surface area (Å²) in [7, 11) is 0. The van der Waals surface area contributed by atoms with E-state index in [0.29, 0.717) is 19.1 Å². The number of carbonyl (C=O) groups excluding carboxylic acids is 1. The largest absolute Gasteiger partial charge is 0.389 e. The van der Waals surface area contributed by atoms with E-state index in [4.69, 9.17) is 4.74 Å². The van der Waals surface area contributed by atoms with Gasteiger partial charge in [-0.2, -0.15) is 0 Å². The maximum Gasteiger partial charge on any atom is 0.222 e. The standard InChI is InChI=1S/C19H36N2O3/c1-16(2)24-15-18(22)14-20-10-12-21(13-11-20)19(23)9-8-17-6-4-3-5-7-17/h16-18,22H,3-15H2,1-2H3. The molecule has 5 heteroatoms. The smallest absolute Gasteiger partial charge is 0.222 e. The summed E-state index contributed by atoms with van der Waals surface area (Å²) in [5.74, 6) is 1.10. The molecule has 1 saturated carbocycles. The molecule has 1 unspecified atom stereocenters. The molecule has 24 heavy (non-hydrogen) atoms. The predicted octanol–water partition coefficient (Wildman–Crippen LogP) is 2.28. The van der Waals surface area contributed by atoms with Gasteiger partial charge in [-0.25, -0.2) is 0 Å². The molecule has 1 heterocycles. The molecule has 1 amide bonds. The van der Waals surface area contributed by atoms with E-state index < -0.39 is 6.10 Å². The van der Waals surface area contributed by atoms with Crippen LogP contribution in [0.25, 0.3) is 0 Å². The lowest BCUT2D eigenvalue weighted by Gasteiger charge is -2.36. The number of aliphatic hydroxyl groups is 1. The van der Waals surface area contributed by atoms with Crippen molar-refractivity contribution in [3.8, 4) is 0 Å². The molecule has 2 fully saturated rings. The summed E-state index contributed by atoms with van der Waals surface area (Å²) < 4.78 is 5.45. The Morgan fingerprint density at radius 1 is 1.12 bits per heavy atom.